The molecule has 4 bridgehead atoms. The van der Waals surface area contributed by atoms with E-state index >= 15 is 0 Å². The van der Waals surface area contributed by atoms with Crippen LogP contribution in [0.3, 0.4) is 0 Å². The maximum absolute atomic E-state index is 12.5. The van der Waals surface area contributed by atoms with Gasteiger partial charge in [-0.15, -0.1) is 0 Å². The van der Waals surface area contributed by atoms with Gasteiger partial charge in [-0.1, -0.05) is 27.7 Å². The topological polar surface area (TPSA) is 58.2 Å². The molecule has 0 aromatic heterocycles. The molecule has 0 spiro atoms. The molecule has 0 aromatic carbocycles. The molecule has 0 aliphatic heterocycles. The fourth-order valence-corrected chi connectivity index (χ4v) is 6.76. The predicted molar refractivity (Wildman–Crippen MR) is 100.0 cm³/mol. The average Bonchev–Trinajstić information content (AvgIpc) is 2.40. The molecule has 142 valence electrons. The largest absolute Gasteiger partial charge is 0.356 e. The first-order valence-electron chi connectivity index (χ1n) is 10.2. The minimum absolute atomic E-state index is 0.0277. The van der Waals surface area contributed by atoms with Crippen LogP contribution in [0.1, 0.15) is 85.5 Å². The summed E-state index contributed by atoms with van der Waals surface area (Å²) in [4.78, 5) is 24.3. The molecule has 0 saturated heterocycles. The smallest absolute Gasteiger partial charge is 0.220 e. The Bertz CT molecular complexity index is 524. The van der Waals surface area contributed by atoms with Crippen LogP contribution in [0, 0.1) is 22.7 Å². The molecule has 0 heterocycles. The summed E-state index contributed by atoms with van der Waals surface area (Å²) in [6.07, 6.45) is 9.03. The highest BCUT2D eigenvalue weighted by atomic mass is 16.2. The third kappa shape index (κ3) is 4.38. The highest BCUT2D eigenvalue weighted by molar-refractivity contribution is 5.79. The SMILES string of the molecule is CC(C)CNC(=O)CCCC(=O)NC12CC3CC(C)(CC(C)(C3)C1)C2. The third-order valence-electron chi connectivity index (χ3n) is 6.55. The second kappa shape index (κ2) is 6.59. The fourth-order valence-electron chi connectivity index (χ4n) is 6.76. The summed E-state index contributed by atoms with van der Waals surface area (Å²) in [5, 5.41) is 6.35. The first kappa shape index (κ1) is 18.7. The molecule has 4 saturated carbocycles. The van der Waals surface area contributed by atoms with Gasteiger partial charge in [-0.25, -0.2) is 0 Å². The lowest BCUT2D eigenvalue weighted by Gasteiger charge is -2.65. The Kier molecular flexibility index (Phi) is 4.93. The number of hydrogen-bond acceptors (Lipinski definition) is 2. The van der Waals surface area contributed by atoms with E-state index in [0.717, 1.165) is 18.8 Å². The maximum Gasteiger partial charge on any atom is 0.220 e. The molecule has 2 unspecified atom stereocenters. The highest BCUT2D eigenvalue weighted by Gasteiger charge is 2.60. The van der Waals surface area contributed by atoms with Gasteiger partial charge in [-0.3, -0.25) is 9.59 Å². The minimum Gasteiger partial charge on any atom is -0.356 e. The summed E-state index contributed by atoms with van der Waals surface area (Å²) in [7, 11) is 0. The van der Waals surface area contributed by atoms with Gasteiger partial charge < -0.3 is 10.6 Å². The molecule has 0 aromatic rings. The molecule has 4 nitrogen and oxygen atoms in total. The van der Waals surface area contributed by atoms with Crippen molar-refractivity contribution in [3.05, 3.63) is 0 Å². The van der Waals surface area contributed by atoms with Crippen molar-refractivity contribution in [1.82, 2.24) is 10.6 Å². The van der Waals surface area contributed by atoms with E-state index in [2.05, 4.69) is 38.3 Å². The Labute approximate surface area is 152 Å². The Morgan fingerprint density at radius 2 is 1.56 bits per heavy atom. The zero-order chi connectivity index (χ0) is 18.3. The third-order valence-corrected chi connectivity index (χ3v) is 6.55. The molecule has 2 atom stereocenters. The average molecular weight is 349 g/mol. The van der Waals surface area contributed by atoms with E-state index in [1.807, 2.05) is 0 Å². The molecule has 4 rings (SSSR count). The summed E-state index contributed by atoms with van der Waals surface area (Å²) in [6, 6.07) is 0. The molecular formula is C21H36N2O2. The van der Waals surface area contributed by atoms with E-state index in [0.29, 0.717) is 42.6 Å². The number of carbonyl (C=O) groups excluding carboxylic acids is 2. The molecular weight excluding hydrogens is 312 g/mol. The van der Waals surface area contributed by atoms with Gasteiger partial charge in [0.05, 0.1) is 0 Å². The Balaban J connectivity index is 1.48. The van der Waals surface area contributed by atoms with Gasteiger partial charge in [0.2, 0.25) is 11.8 Å². The normalized spacial score (nSPS) is 38.8. The van der Waals surface area contributed by atoms with Gasteiger partial charge in [0, 0.05) is 24.9 Å². The molecule has 2 amide bonds. The van der Waals surface area contributed by atoms with Gasteiger partial charge in [-0.2, -0.15) is 0 Å². The summed E-state index contributed by atoms with van der Waals surface area (Å²) in [5.41, 5.74) is 0.857. The lowest BCUT2D eigenvalue weighted by atomic mass is 9.43. The van der Waals surface area contributed by atoms with E-state index in [9.17, 15) is 9.59 Å². The Morgan fingerprint density at radius 1 is 0.960 bits per heavy atom. The summed E-state index contributed by atoms with van der Waals surface area (Å²) in [6.45, 7) is 9.73. The molecule has 25 heavy (non-hydrogen) atoms. The van der Waals surface area contributed by atoms with Crippen molar-refractivity contribution in [2.24, 2.45) is 22.7 Å². The Morgan fingerprint density at radius 3 is 2.12 bits per heavy atom. The van der Waals surface area contributed by atoms with E-state index in [1.165, 1.54) is 25.7 Å². The number of amides is 2. The van der Waals surface area contributed by atoms with Gasteiger partial charge in [0.15, 0.2) is 0 Å². The van der Waals surface area contributed by atoms with E-state index < -0.39 is 0 Å². The van der Waals surface area contributed by atoms with Crippen LogP contribution >= 0.6 is 0 Å². The lowest BCUT2D eigenvalue weighted by molar-refractivity contribution is -0.139. The van der Waals surface area contributed by atoms with Crippen molar-refractivity contribution in [2.45, 2.75) is 91.0 Å². The van der Waals surface area contributed by atoms with Gasteiger partial charge >= 0.3 is 0 Å². The minimum atomic E-state index is 0.0277. The van der Waals surface area contributed by atoms with Crippen LogP contribution in [0.25, 0.3) is 0 Å². The zero-order valence-electron chi connectivity index (χ0n) is 16.5. The second-order valence-electron chi connectivity index (χ2n) is 10.5. The molecule has 4 fully saturated rings. The maximum atomic E-state index is 12.5. The molecule has 4 heteroatoms. The van der Waals surface area contributed by atoms with E-state index in [1.54, 1.807) is 0 Å². The molecule has 2 N–H and O–H groups in total. The summed E-state index contributed by atoms with van der Waals surface area (Å²) >= 11 is 0. The quantitative estimate of drug-likeness (QED) is 0.735. The van der Waals surface area contributed by atoms with Crippen LogP contribution in [-0.2, 0) is 9.59 Å². The molecule has 4 aliphatic carbocycles. The van der Waals surface area contributed by atoms with E-state index in [4.69, 9.17) is 0 Å². The number of hydrogen-bond donors (Lipinski definition) is 2. The number of carbonyl (C=O) groups is 2. The lowest BCUT2D eigenvalue weighted by Crippen LogP contribution is -2.65. The predicted octanol–water partition coefficient (Wildman–Crippen LogP) is 3.79. The molecule has 0 radical (unpaired) electrons. The summed E-state index contributed by atoms with van der Waals surface area (Å²) in [5.74, 6) is 1.46. The van der Waals surface area contributed by atoms with Crippen molar-refractivity contribution in [3.63, 3.8) is 0 Å². The van der Waals surface area contributed by atoms with Crippen LogP contribution in [0.15, 0.2) is 0 Å². The van der Waals surface area contributed by atoms with Gasteiger partial charge in [-0.05, 0) is 67.6 Å². The number of nitrogens with one attached hydrogen (secondary N) is 2. The van der Waals surface area contributed by atoms with Crippen LogP contribution in [0.5, 0.6) is 0 Å². The van der Waals surface area contributed by atoms with Crippen LogP contribution in [0.4, 0.5) is 0 Å². The van der Waals surface area contributed by atoms with Crippen LogP contribution in [0.2, 0.25) is 0 Å². The fraction of sp³-hybridized carbons (Fsp3) is 0.905. The molecule has 4 aliphatic rings. The zero-order valence-corrected chi connectivity index (χ0v) is 16.5. The van der Waals surface area contributed by atoms with Gasteiger partial charge in [0.1, 0.15) is 0 Å². The van der Waals surface area contributed by atoms with Crippen molar-refractivity contribution >= 4 is 11.8 Å². The van der Waals surface area contributed by atoms with Gasteiger partial charge in [0.25, 0.3) is 0 Å². The van der Waals surface area contributed by atoms with Crippen LogP contribution < -0.4 is 10.6 Å². The van der Waals surface area contributed by atoms with Crippen molar-refractivity contribution in [1.29, 1.82) is 0 Å². The first-order chi connectivity index (χ1) is 11.6. The highest BCUT2D eigenvalue weighted by Crippen LogP contribution is 2.66. The summed E-state index contributed by atoms with van der Waals surface area (Å²) < 4.78 is 0. The van der Waals surface area contributed by atoms with Crippen molar-refractivity contribution in [2.75, 3.05) is 6.54 Å². The second-order valence-corrected chi connectivity index (χ2v) is 10.5. The van der Waals surface area contributed by atoms with Crippen molar-refractivity contribution in [3.8, 4) is 0 Å². The van der Waals surface area contributed by atoms with E-state index in [-0.39, 0.29) is 17.4 Å². The Hall–Kier alpha value is -1.06. The standard InChI is InChI=1S/C21H36N2O2/c1-15(2)11-22-17(24)6-5-7-18(25)23-21-10-16-8-19(3,13-21)12-20(4,9-16)14-21/h15-16H,5-14H2,1-4H3,(H,22,24)(H,23,25). The first-order valence-corrected chi connectivity index (χ1v) is 10.2. The monoisotopic (exact) mass is 348 g/mol. The number of rotatable bonds is 7. The van der Waals surface area contributed by atoms with Crippen LogP contribution in [-0.4, -0.2) is 23.9 Å². The van der Waals surface area contributed by atoms with Crippen molar-refractivity contribution < 1.29 is 9.59 Å².